The Balaban J connectivity index is 1.86. The molecule has 5 rings (SSSR count). The number of phenolic OH excluding ortho intramolecular Hbond substituents is 2. The lowest BCUT2D eigenvalue weighted by Gasteiger charge is -2.18. The minimum atomic E-state index is -1.71. The van der Waals surface area contributed by atoms with Crippen LogP contribution in [0.2, 0.25) is 0 Å². The van der Waals surface area contributed by atoms with Crippen LogP contribution in [-0.4, -0.2) is 21.6 Å². The van der Waals surface area contributed by atoms with Gasteiger partial charge in [-0.3, -0.25) is 4.79 Å². The lowest BCUT2D eigenvalue weighted by Crippen LogP contribution is -2.33. The highest BCUT2D eigenvalue weighted by atomic mass is 16.7. The minimum absolute atomic E-state index is 0.0203. The molecule has 0 saturated carbocycles. The molecule has 0 aliphatic carbocycles. The molecular formula is C22H18O7. The van der Waals surface area contributed by atoms with Crippen molar-refractivity contribution in [1.29, 1.82) is 0 Å². The van der Waals surface area contributed by atoms with E-state index in [0.29, 0.717) is 6.42 Å². The first-order chi connectivity index (χ1) is 13.8. The molecule has 1 aromatic heterocycles. The lowest BCUT2D eigenvalue weighted by atomic mass is 9.92. The Morgan fingerprint density at radius 3 is 2.79 bits per heavy atom. The molecule has 2 aliphatic rings. The van der Waals surface area contributed by atoms with Crippen LogP contribution in [-0.2, 0) is 16.8 Å². The van der Waals surface area contributed by atoms with Gasteiger partial charge in [0.05, 0.1) is 11.8 Å². The largest absolute Gasteiger partial charge is 0.507 e. The van der Waals surface area contributed by atoms with E-state index in [1.807, 2.05) is 19.9 Å². The van der Waals surface area contributed by atoms with E-state index < -0.39 is 23.1 Å². The van der Waals surface area contributed by atoms with E-state index in [0.717, 1.165) is 11.1 Å². The first-order valence-electron chi connectivity index (χ1n) is 9.14. The van der Waals surface area contributed by atoms with Crippen LogP contribution in [0.25, 0.3) is 21.9 Å². The fourth-order valence-corrected chi connectivity index (χ4v) is 3.89. The number of hydrogen-bond acceptors (Lipinski definition) is 7. The third-order valence-electron chi connectivity index (χ3n) is 5.36. The monoisotopic (exact) mass is 394 g/mol. The zero-order valence-electron chi connectivity index (χ0n) is 15.7. The van der Waals surface area contributed by atoms with Gasteiger partial charge in [0.15, 0.2) is 5.60 Å². The van der Waals surface area contributed by atoms with Crippen LogP contribution in [0.3, 0.4) is 0 Å². The van der Waals surface area contributed by atoms with Crippen LogP contribution in [0.1, 0.15) is 25.0 Å². The third-order valence-corrected chi connectivity index (χ3v) is 5.36. The molecule has 3 N–H and O–H groups in total. The van der Waals surface area contributed by atoms with E-state index in [4.69, 9.17) is 13.9 Å². The van der Waals surface area contributed by atoms with Crippen molar-refractivity contribution in [2.75, 3.05) is 0 Å². The van der Waals surface area contributed by atoms with Gasteiger partial charge < -0.3 is 29.2 Å². The van der Waals surface area contributed by atoms with Crippen LogP contribution in [0.4, 0.5) is 0 Å². The molecule has 0 amide bonds. The smallest absolute Gasteiger partial charge is 0.277 e. The maximum atomic E-state index is 13.2. The summed E-state index contributed by atoms with van der Waals surface area (Å²) in [5.74, 6) is -0.531. The Bertz CT molecular complexity index is 1310. The van der Waals surface area contributed by atoms with Gasteiger partial charge in [0.25, 0.3) is 6.29 Å². The van der Waals surface area contributed by atoms with Gasteiger partial charge in [-0.2, -0.15) is 0 Å². The number of aromatic hydroxyl groups is 2. The standard InChI is InChI=1S/C22H18O7/c1-10(2)3-4-11-5-6-12(23)15-18(24)16-13(28-20(11)15)9-14-17(19(16)25)22(26)7-8-27-21(22)29-14/h3,5-9,21,23,25-26H,4H2,1-2H3/t21?,22-/m0/s1. The third kappa shape index (κ3) is 2.31. The number of aliphatic hydroxyl groups is 1. The van der Waals surface area contributed by atoms with E-state index >= 15 is 0 Å². The van der Waals surface area contributed by atoms with Crippen molar-refractivity contribution in [3.8, 4) is 17.2 Å². The molecule has 7 nitrogen and oxygen atoms in total. The predicted molar refractivity (Wildman–Crippen MR) is 105 cm³/mol. The van der Waals surface area contributed by atoms with Crippen molar-refractivity contribution in [3.63, 3.8) is 0 Å². The lowest BCUT2D eigenvalue weighted by molar-refractivity contribution is -0.110. The summed E-state index contributed by atoms with van der Waals surface area (Å²) in [6, 6.07) is 4.58. The molecule has 148 valence electrons. The summed E-state index contributed by atoms with van der Waals surface area (Å²) in [4.78, 5) is 13.2. The van der Waals surface area contributed by atoms with Crippen molar-refractivity contribution >= 4 is 21.9 Å². The summed E-state index contributed by atoms with van der Waals surface area (Å²) in [6.45, 7) is 3.93. The van der Waals surface area contributed by atoms with Crippen LogP contribution in [0.15, 0.2) is 51.4 Å². The highest BCUT2D eigenvalue weighted by molar-refractivity contribution is 5.98. The molecular weight excluding hydrogens is 376 g/mol. The molecule has 2 aromatic carbocycles. The first kappa shape index (κ1) is 17.6. The zero-order chi connectivity index (χ0) is 20.5. The Kier molecular flexibility index (Phi) is 3.51. The van der Waals surface area contributed by atoms with Crippen molar-refractivity contribution < 1.29 is 29.2 Å². The van der Waals surface area contributed by atoms with Crippen LogP contribution in [0, 0.1) is 0 Å². The van der Waals surface area contributed by atoms with Gasteiger partial charge in [-0.1, -0.05) is 17.7 Å². The molecule has 0 spiro atoms. The average Bonchev–Trinajstić information content (AvgIpc) is 3.13. The van der Waals surface area contributed by atoms with E-state index in [1.165, 1.54) is 24.5 Å². The maximum absolute atomic E-state index is 13.2. The second-order valence-electron chi connectivity index (χ2n) is 7.55. The number of phenols is 2. The molecule has 7 heteroatoms. The first-order valence-corrected chi connectivity index (χ1v) is 9.14. The van der Waals surface area contributed by atoms with Gasteiger partial charge in [-0.25, -0.2) is 0 Å². The SMILES string of the molecule is CC(C)=CCc1ccc(O)c2c(=O)c3c(O)c4c(cc3oc12)OC1OC=C[C@]41O. The normalized spacial score (nSPS) is 21.7. The van der Waals surface area contributed by atoms with Gasteiger partial charge in [-0.05, 0) is 38.0 Å². The van der Waals surface area contributed by atoms with Crippen molar-refractivity contribution in [2.45, 2.75) is 32.2 Å². The summed E-state index contributed by atoms with van der Waals surface area (Å²) in [6.07, 6.45) is 4.08. The fraction of sp³-hybridized carbons (Fsp3) is 0.227. The molecule has 3 aromatic rings. The molecule has 0 bridgehead atoms. The Morgan fingerprint density at radius 2 is 2.03 bits per heavy atom. The average molecular weight is 394 g/mol. The molecule has 2 aliphatic heterocycles. The van der Waals surface area contributed by atoms with Crippen LogP contribution >= 0.6 is 0 Å². The van der Waals surface area contributed by atoms with Gasteiger partial charge in [-0.15, -0.1) is 0 Å². The second kappa shape index (κ2) is 5.78. The summed E-state index contributed by atoms with van der Waals surface area (Å²) in [7, 11) is 0. The van der Waals surface area contributed by atoms with E-state index in [2.05, 4.69) is 0 Å². The van der Waals surface area contributed by atoms with Gasteiger partial charge >= 0.3 is 0 Å². The predicted octanol–water partition coefficient (Wildman–Crippen LogP) is 3.32. The molecule has 29 heavy (non-hydrogen) atoms. The number of allylic oxidation sites excluding steroid dienone is 2. The summed E-state index contributed by atoms with van der Waals surface area (Å²) >= 11 is 0. The van der Waals surface area contributed by atoms with E-state index in [-0.39, 0.29) is 39.0 Å². The topological polar surface area (TPSA) is 109 Å². The Hall–Kier alpha value is -3.45. The zero-order valence-corrected chi connectivity index (χ0v) is 15.7. The molecule has 0 radical (unpaired) electrons. The van der Waals surface area contributed by atoms with Gasteiger partial charge in [0.2, 0.25) is 5.43 Å². The molecule has 0 saturated heterocycles. The summed E-state index contributed by atoms with van der Waals surface area (Å²) in [5, 5.41) is 31.9. The number of hydrogen-bond donors (Lipinski definition) is 3. The van der Waals surface area contributed by atoms with E-state index in [9.17, 15) is 20.1 Å². The van der Waals surface area contributed by atoms with Gasteiger partial charge in [0, 0.05) is 6.07 Å². The van der Waals surface area contributed by atoms with Gasteiger partial charge in [0.1, 0.15) is 39.2 Å². The quantitative estimate of drug-likeness (QED) is 0.452. The highest BCUT2D eigenvalue weighted by Crippen LogP contribution is 2.52. The maximum Gasteiger partial charge on any atom is 0.277 e. The molecule has 2 atom stereocenters. The van der Waals surface area contributed by atoms with E-state index in [1.54, 1.807) is 6.07 Å². The highest BCUT2D eigenvalue weighted by Gasteiger charge is 2.53. The number of fused-ring (bicyclic) bond motifs is 5. The summed E-state index contributed by atoms with van der Waals surface area (Å²) < 4.78 is 16.8. The van der Waals surface area contributed by atoms with Crippen molar-refractivity contribution in [1.82, 2.24) is 0 Å². The minimum Gasteiger partial charge on any atom is -0.507 e. The van der Waals surface area contributed by atoms with Crippen LogP contribution < -0.4 is 10.2 Å². The van der Waals surface area contributed by atoms with Crippen molar-refractivity contribution in [2.24, 2.45) is 0 Å². The summed E-state index contributed by atoms with van der Waals surface area (Å²) in [5.41, 5.74) is -0.0966. The Morgan fingerprint density at radius 1 is 1.24 bits per heavy atom. The fourth-order valence-electron chi connectivity index (χ4n) is 3.89. The second-order valence-corrected chi connectivity index (χ2v) is 7.55. The molecule has 1 unspecified atom stereocenters. The molecule has 0 fully saturated rings. The Labute approximate surface area is 164 Å². The van der Waals surface area contributed by atoms with Crippen molar-refractivity contribution in [3.05, 3.63) is 63.5 Å². The number of benzene rings is 2. The number of ether oxygens (including phenoxy) is 2. The van der Waals surface area contributed by atoms with Crippen LogP contribution in [0.5, 0.6) is 17.2 Å². The molecule has 3 heterocycles. The number of rotatable bonds is 2.